The molecule has 0 aromatic heterocycles. The summed E-state index contributed by atoms with van der Waals surface area (Å²) in [7, 11) is -3.87. The SMILES string of the molecule is Cc1ccc(S(=O)(=O)[C@H]2[C@H](c3ccc(F)cc3)[C@]2(C#N)C=O)cc1. The second-order valence-corrected chi connectivity index (χ2v) is 8.04. The second kappa shape index (κ2) is 5.53. The molecule has 0 amide bonds. The van der Waals surface area contributed by atoms with Crippen LogP contribution in [-0.4, -0.2) is 20.0 Å². The number of aryl methyl sites for hydroxylation is 1. The Kier molecular flexibility index (Phi) is 3.77. The lowest BCUT2D eigenvalue weighted by Crippen LogP contribution is -2.16. The Bertz CT molecular complexity index is 930. The topological polar surface area (TPSA) is 75.0 Å². The fraction of sp³-hybridized carbons (Fsp3) is 0.222. The highest BCUT2D eigenvalue weighted by molar-refractivity contribution is 7.92. The maximum absolute atomic E-state index is 13.1. The van der Waals surface area contributed by atoms with E-state index in [-0.39, 0.29) is 4.90 Å². The molecule has 0 radical (unpaired) electrons. The Labute approximate surface area is 139 Å². The molecule has 0 bridgehead atoms. The van der Waals surface area contributed by atoms with Gasteiger partial charge in [0.2, 0.25) is 0 Å². The molecule has 2 aromatic carbocycles. The van der Waals surface area contributed by atoms with E-state index in [0.717, 1.165) is 5.56 Å². The number of carbonyl (C=O) groups is 1. The number of nitrogens with zero attached hydrogens (tertiary/aromatic N) is 1. The van der Waals surface area contributed by atoms with Crippen molar-refractivity contribution in [2.45, 2.75) is 23.0 Å². The maximum Gasteiger partial charge on any atom is 0.183 e. The van der Waals surface area contributed by atoms with Gasteiger partial charge in [-0.1, -0.05) is 29.8 Å². The summed E-state index contributed by atoms with van der Waals surface area (Å²) in [6.07, 6.45) is 0.400. The molecular formula is C18H14FNO3S. The largest absolute Gasteiger partial charge is 0.302 e. The number of aldehydes is 1. The fourth-order valence-electron chi connectivity index (χ4n) is 3.11. The van der Waals surface area contributed by atoms with Crippen LogP contribution in [0.25, 0.3) is 0 Å². The number of carbonyl (C=O) groups excluding carboxylic acids is 1. The zero-order valence-electron chi connectivity index (χ0n) is 12.8. The van der Waals surface area contributed by atoms with Gasteiger partial charge in [-0.15, -0.1) is 0 Å². The molecule has 0 N–H and O–H groups in total. The van der Waals surface area contributed by atoms with E-state index in [0.29, 0.717) is 11.8 Å². The van der Waals surface area contributed by atoms with Gasteiger partial charge in [0.15, 0.2) is 9.84 Å². The monoisotopic (exact) mass is 343 g/mol. The van der Waals surface area contributed by atoms with Crippen molar-refractivity contribution in [2.24, 2.45) is 5.41 Å². The average Bonchev–Trinajstić information content (AvgIpc) is 3.26. The number of hydrogen-bond acceptors (Lipinski definition) is 4. The van der Waals surface area contributed by atoms with E-state index < -0.39 is 32.2 Å². The summed E-state index contributed by atoms with van der Waals surface area (Å²) in [6.45, 7) is 1.83. The molecule has 0 unspecified atom stereocenters. The molecule has 1 aliphatic carbocycles. The average molecular weight is 343 g/mol. The first-order valence-electron chi connectivity index (χ1n) is 7.30. The van der Waals surface area contributed by atoms with Crippen molar-refractivity contribution >= 4 is 16.1 Å². The van der Waals surface area contributed by atoms with Crippen LogP contribution in [0.2, 0.25) is 0 Å². The molecule has 1 fully saturated rings. The van der Waals surface area contributed by atoms with E-state index in [1.54, 1.807) is 12.1 Å². The normalized spacial score (nSPS) is 25.7. The Balaban J connectivity index is 2.08. The van der Waals surface area contributed by atoms with Crippen LogP contribution in [0.4, 0.5) is 4.39 Å². The number of sulfone groups is 1. The van der Waals surface area contributed by atoms with Gasteiger partial charge >= 0.3 is 0 Å². The number of rotatable bonds is 4. The van der Waals surface area contributed by atoms with Gasteiger partial charge in [-0.25, -0.2) is 12.8 Å². The quantitative estimate of drug-likeness (QED) is 0.800. The first kappa shape index (κ1) is 16.3. The van der Waals surface area contributed by atoms with E-state index in [9.17, 15) is 22.9 Å². The molecule has 24 heavy (non-hydrogen) atoms. The summed E-state index contributed by atoms with van der Waals surface area (Å²) in [5.41, 5.74) is -0.269. The zero-order valence-corrected chi connectivity index (χ0v) is 13.6. The van der Waals surface area contributed by atoms with Crippen LogP contribution < -0.4 is 0 Å². The van der Waals surface area contributed by atoms with Crippen LogP contribution in [0, 0.1) is 29.5 Å². The van der Waals surface area contributed by atoms with Crippen LogP contribution in [0.3, 0.4) is 0 Å². The molecule has 3 atom stereocenters. The van der Waals surface area contributed by atoms with Gasteiger partial charge in [-0.2, -0.15) is 5.26 Å². The standard InChI is InChI=1S/C18H14FNO3S/c1-12-2-8-15(9-3-12)24(22,23)17-16(18(17,10-20)11-21)13-4-6-14(19)7-5-13/h2-9,11,16-17H,1H3/t16-,17-,18-/m0/s1. The van der Waals surface area contributed by atoms with Crippen LogP contribution >= 0.6 is 0 Å². The lowest BCUT2D eigenvalue weighted by Gasteiger charge is -2.05. The molecule has 1 saturated carbocycles. The molecule has 2 aromatic rings. The minimum absolute atomic E-state index is 0.0733. The van der Waals surface area contributed by atoms with Crippen molar-refractivity contribution in [2.75, 3.05) is 0 Å². The Morgan fingerprint density at radius 3 is 2.21 bits per heavy atom. The number of benzene rings is 2. The van der Waals surface area contributed by atoms with Gasteiger partial charge in [0, 0.05) is 5.92 Å². The highest BCUT2D eigenvalue weighted by Gasteiger charge is 2.72. The molecule has 6 heteroatoms. The van der Waals surface area contributed by atoms with Crippen molar-refractivity contribution in [3.05, 3.63) is 65.5 Å². The second-order valence-electron chi connectivity index (χ2n) is 5.97. The highest BCUT2D eigenvalue weighted by atomic mass is 32.2. The number of halogens is 1. The third-order valence-electron chi connectivity index (χ3n) is 4.48. The van der Waals surface area contributed by atoms with Gasteiger partial charge < -0.3 is 4.79 Å². The van der Waals surface area contributed by atoms with Gasteiger partial charge in [-0.3, -0.25) is 0 Å². The van der Waals surface area contributed by atoms with Gasteiger partial charge in [0.25, 0.3) is 0 Å². The minimum atomic E-state index is -3.87. The first-order valence-corrected chi connectivity index (χ1v) is 8.85. The lowest BCUT2D eigenvalue weighted by molar-refractivity contribution is -0.110. The third-order valence-corrected chi connectivity index (χ3v) is 6.74. The summed E-state index contributed by atoms with van der Waals surface area (Å²) in [4.78, 5) is 11.6. The fourth-order valence-corrected chi connectivity index (χ4v) is 5.34. The summed E-state index contributed by atoms with van der Waals surface area (Å²) in [5.74, 6) is -1.27. The van der Waals surface area contributed by atoms with Crippen molar-refractivity contribution in [1.82, 2.24) is 0 Å². The molecule has 122 valence electrons. The van der Waals surface area contributed by atoms with E-state index in [1.165, 1.54) is 36.4 Å². The molecule has 0 heterocycles. The van der Waals surface area contributed by atoms with Gasteiger partial charge in [-0.05, 0) is 36.8 Å². The van der Waals surface area contributed by atoms with Crippen LogP contribution in [-0.2, 0) is 14.6 Å². The van der Waals surface area contributed by atoms with E-state index in [2.05, 4.69) is 0 Å². The number of hydrogen-bond donors (Lipinski definition) is 0. The summed E-state index contributed by atoms with van der Waals surface area (Å²) in [5, 5.41) is 8.28. The molecular weight excluding hydrogens is 329 g/mol. The maximum atomic E-state index is 13.1. The van der Waals surface area contributed by atoms with Crippen molar-refractivity contribution < 1.29 is 17.6 Å². The van der Waals surface area contributed by atoms with Crippen molar-refractivity contribution in [1.29, 1.82) is 5.26 Å². The zero-order chi connectivity index (χ0) is 17.5. The van der Waals surface area contributed by atoms with Gasteiger partial charge in [0.05, 0.1) is 11.0 Å². The van der Waals surface area contributed by atoms with Crippen molar-refractivity contribution in [3.8, 4) is 6.07 Å². The smallest absolute Gasteiger partial charge is 0.183 e. The predicted molar refractivity (Wildman–Crippen MR) is 85.4 cm³/mol. The first-order chi connectivity index (χ1) is 11.4. The highest BCUT2D eigenvalue weighted by Crippen LogP contribution is 2.62. The molecule has 3 rings (SSSR count). The van der Waals surface area contributed by atoms with E-state index in [4.69, 9.17) is 0 Å². The van der Waals surface area contributed by atoms with E-state index in [1.807, 2.05) is 13.0 Å². The summed E-state index contributed by atoms with van der Waals surface area (Å²) < 4.78 is 38.9. The molecule has 0 spiro atoms. The Morgan fingerprint density at radius 1 is 1.12 bits per heavy atom. The van der Waals surface area contributed by atoms with Crippen LogP contribution in [0.15, 0.2) is 53.4 Å². The predicted octanol–water partition coefficient (Wildman–Crippen LogP) is 2.78. The molecule has 0 saturated heterocycles. The number of nitriles is 1. The van der Waals surface area contributed by atoms with Crippen LogP contribution in [0.1, 0.15) is 17.0 Å². The van der Waals surface area contributed by atoms with E-state index >= 15 is 0 Å². The lowest BCUT2D eigenvalue weighted by atomic mass is 10.0. The Morgan fingerprint density at radius 2 is 1.71 bits per heavy atom. The molecule has 0 aliphatic heterocycles. The molecule has 4 nitrogen and oxygen atoms in total. The van der Waals surface area contributed by atoms with Crippen molar-refractivity contribution in [3.63, 3.8) is 0 Å². The minimum Gasteiger partial charge on any atom is -0.302 e. The Hall–Kier alpha value is -2.52. The summed E-state index contributed by atoms with van der Waals surface area (Å²) >= 11 is 0. The summed E-state index contributed by atoms with van der Waals surface area (Å²) in [6, 6.07) is 13.3. The molecule has 1 aliphatic rings. The van der Waals surface area contributed by atoms with Crippen LogP contribution in [0.5, 0.6) is 0 Å². The van der Waals surface area contributed by atoms with Gasteiger partial charge in [0.1, 0.15) is 22.8 Å². The third kappa shape index (κ3) is 2.33.